The van der Waals surface area contributed by atoms with Crippen LogP contribution in [0.4, 0.5) is 13.2 Å². The standard InChI is InChI=1S/C20H21F3N2O5/c21-20(22,23)12-7-5-11(6-8-12)10-25-14-4-2-1-3-13(14)17(28)16(19(25)30)18(29)24-9-15(26)27/h5-8,13-14,28H,1-4,9-10H2,(H,24,29)(H,26,27). The molecule has 0 radical (unpaired) electrons. The third kappa shape index (κ3) is 4.42. The molecular weight excluding hydrogens is 405 g/mol. The van der Waals surface area contributed by atoms with Crippen LogP contribution in [0.2, 0.25) is 0 Å². The maximum atomic E-state index is 13.0. The molecular formula is C20H21F3N2O5. The van der Waals surface area contributed by atoms with Gasteiger partial charge in [0, 0.05) is 18.5 Å². The van der Waals surface area contributed by atoms with Gasteiger partial charge in [-0.25, -0.2) is 0 Å². The van der Waals surface area contributed by atoms with Gasteiger partial charge in [-0.15, -0.1) is 0 Å². The monoisotopic (exact) mass is 426 g/mol. The SMILES string of the molecule is O=C(O)CNC(=O)C1=C(O)C2CCCCC2N(Cc2ccc(C(F)(F)F)cc2)C1=O. The number of alkyl halides is 3. The van der Waals surface area contributed by atoms with Gasteiger partial charge in [0.2, 0.25) is 0 Å². The zero-order valence-corrected chi connectivity index (χ0v) is 15.9. The van der Waals surface area contributed by atoms with E-state index < -0.39 is 47.6 Å². The lowest BCUT2D eigenvalue weighted by molar-refractivity contribution is -0.140. The number of carbonyl (C=O) groups is 3. The van der Waals surface area contributed by atoms with E-state index in [-0.39, 0.29) is 18.3 Å². The van der Waals surface area contributed by atoms with Crippen molar-refractivity contribution in [2.75, 3.05) is 6.54 Å². The van der Waals surface area contributed by atoms with Crippen molar-refractivity contribution in [3.05, 3.63) is 46.7 Å². The first-order valence-corrected chi connectivity index (χ1v) is 9.50. The number of aliphatic carboxylic acids is 1. The molecule has 0 bridgehead atoms. The molecule has 1 aromatic rings. The van der Waals surface area contributed by atoms with Gasteiger partial charge in [0.25, 0.3) is 11.8 Å². The van der Waals surface area contributed by atoms with Gasteiger partial charge >= 0.3 is 12.1 Å². The van der Waals surface area contributed by atoms with Crippen molar-refractivity contribution in [3.63, 3.8) is 0 Å². The normalized spacial score (nSPS) is 22.0. The summed E-state index contributed by atoms with van der Waals surface area (Å²) in [4.78, 5) is 37.5. The second kappa shape index (κ2) is 8.37. The molecule has 0 saturated heterocycles. The number of rotatable bonds is 5. The van der Waals surface area contributed by atoms with E-state index in [0.717, 1.165) is 25.0 Å². The molecule has 2 unspecified atom stereocenters. The van der Waals surface area contributed by atoms with Crippen LogP contribution in [0, 0.1) is 5.92 Å². The summed E-state index contributed by atoms with van der Waals surface area (Å²) in [6.07, 6.45) is -1.74. The summed E-state index contributed by atoms with van der Waals surface area (Å²) in [7, 11) is 0. The zero-order chi connectivity index (χ0) is 22.1. The molecule has 162 valence electrons. The minimum atomic E-state index is -4.47. The lowest BCUT2D eigenvalue weighted by Gasteiger charge is -2.43. The third-order valence-corrected chi connectivity index (χ3v) is 5.47. The van der Waals surface area contributed by atoms with Gasteiger partial charge < -0.3 is 20.4 Å². The number of amides is 2. The molecule has 2 atom stereocenters. The van der Waals surface area contributed by atoms with Crippen LogP contribution in [0.1, 0.15) is 36.8 Å². The van der Waals surface area contributed by atoms with Gasteiger partial charge in [-0.2, -0.15) is 13.2 Å². The van der Waals surface area contributed by atoms with Crippen molar-refractivity contribution in [3.8, 4) is 0 Å². The Morgan fingerprint density at radius 1 is 1.13 bits per heavy atom. The topological polar surface area (TPSA) is 107 Å². The minimum absolute atomic E-state index is 0.0267. The number of hydrogen-bond donors (Lipinski definition) is 3. The maximum Gasteiger partial charge on any atom is 0.416 e. The summed E-state index contributed by atoms with van der Waals surface area (Å²) in [6.45, 7) is -0.739. The molecule has 1 aliphatic heterocycles. The highest BCUT2D eigenvalue weighted by molar-refractivity contribution is 6.19. The number of nitrogens with one attached hydrogen (secondary N) is 1. The quantitative estimate of drug-likeness (QED) is 0.628. The van der Waals surface area contributed by atoms with Crippen LogP contribution in [0.25, 0.3) is 0 Å². The first kappa shape index (κ1) is 21.7. The molecule has 30 heavy (non-hydrogen) atoms. The van der Waals surface area contributed by atoms with E-state index in [1.807, 2.05) is 0 Å². The predicted molar refractivity (Wildman–Crippen MR) is 98.0 cm³/mol. The van der Waals surface area contributed by atoms with Gasteiger partial charge in [-0.3, -0.25) is 14.4 Å². The number of aliphatic hydroxyl groups is 1. The number of aliphatic hydroxyl groups excluding tert-OH is 1. The third-order valence-electron chi connectivity index (χ3n) is 5.47. The van der Waals surface area contributed by atoms with Crippen LogP contribution in [0.15, 0.2) is 35.6 Å². The van der Waals surface area contributed by atoms with Gasteiger partial charge in [0.1, 0.15) is 17.9 Å². The lowest BCUT2D eigenvalue weighted by Crippen LogP contribution is -2.53. The van der Waals surface area contributed by atoms with Crippen LogP contribution >= 0.6 is 0 Å². The number of carbonyl (C=O) groups excluding carboxylic acids is 2. The summed E-state index contributed by atoms with van der Waals surface area (Å²) in [5, 5.41) is 21.4. The van der Waals surface area contributed by atoms with Crippen molar-refractivity contribution in [1.82, 2.24) is 10.2 Å². The second-order valence-electron chi connectivity index (χ2n) is 7.42. The highest BCUT2D eigenvalue weighted by Crippen LogP contribution is 2.39. The molecule has 1 fully saturated rings. The number of nitrogens with zero attached hydrogens (tertiary/aromatic N) is 1. The molecule has 3 N–H and O–H groups in total. The minimum Gasteiger partial charge on any atom is -0.511 e. The summed E-state index contributed by atoms with van der Waals surface area (Å²) in [6, 6.07) is 4.02. The molecule has 1 aromatic carbocycles. The Hall–Kier alpha value is -3.04. The predicted octanol–water partition coefficient (Wildman–Crippen LogP) is 2.62. The van der Waals surface area contributed by atoms with E-state index in [4.69, 9.17) is 5.11 Å². The highest BCUT2D eigenvalue weighted by Gasteiger charge is 2.45. The molecule has 1 aliphatic carbocycles. The first-order valence-electron chi connectivity index (χ1n) is 9.50. The van der Waals surface area contributed by atoms with Gasteiger partial charge in [-0.05, 0) is 30.5 Å². The van der Waals surface area contributed by atoms with E-state index >= 15 is 0 Å². The van der Waals surface area contributed by atoms with E-state index in [0.29, 0.717) is 18.4 Å². The van der Waals surface area contributed by atoms with Crippen molar-refractivity contribution in [1.29, 1.82) is 0 Å². The molecule has 1 heterocycles. The maximum absolute atomic E-state index is 13.0. The fraction of sp³-hybridized carbons (Fsp3) is 0.450. The summed E-state index contributed by atoms with van der Waals surface area (Å²) < 4.78 is 38.4. The van der Waals surface area contributed by atoms with Gasteiger partial charge in [-0.1, -0.05) is 25.0 Å². The van der Waals surface area contributed by atoms with Crippen LogP contribution in [-0.4, -0.2) is 45.5 Å². The Balaban J connectivity index is 1.89. The van der Waals surface area contributed by atoms with Crippen LogP contribution < -0.4 is 5.32 Å². The Morgan fingerprint density at radius 2 is 1.77 bits per heavy atom. The molecule has 3 rings (SSSR count). The Labute approximate surface area is 170 Å². The number of benzene rings is 1. The largest absolute Gasteiger partial charge is 0.511 e. The van der Waals surface area contributed by atoms with Crippen LogP contribution in [0.3, 0.4) is 0 Å². The van der Waals surface area contributed by atoms with E-state index in [2.05, 4.69) is 5.32 Å². The van der Waals surface area contributed by atoms with Crippen LogP contribution in [-0.2, 0) is 27.1 Å². The molecule has 7 nitrogen and oxygen atoms in total. The number of carboxylic acids is 1. The summed E-state index contributed by atoms with van der Waals surface area (Å²) in [5.41, 5.74) is -0.864. The number of fused-ring (bicyclic) bond motifs is 1. The second-order valence-corrected chi connectivity index (χ2v) is 7.42. The zero-order valence-electron chi connectivity index (χ0n) is 15.9. The van der Waals surface area contributed by atoms with Crippen molar-refractivity contribution < 1.29 is 37.8 Å². The van der Waals surface area contributed by atoms with E-state index in [1.165, 1.54) is 17.0 Å². The average molecular weight is 426 g/mol. The highest BCUT2D eigenvalue weighted by atomic mass is 19.4. The lowest BCUT2D eigenvalue weighted by atomic mass is 9.78. The van der Waals surface area contributed by atoms with Crippen molar-refractivity contribution in [2.24, 2.45) is 5.92 Å². The van der Waals surface area contributed by atoms with Crippen molar-refractivity contribution >= 4 is 17.8 Å². The Bertz CT molecular complexity index is 879. The Kier molecular flexibility index (Phi) is 6.04. The van der Waals surface area contributed by atoms with E-state index in [1.54, 1.807) is 0 Å². The van der Waals surface area contributed by atoms with Crippen molar-refractivity contribution in [2.45, 2.75) is 44.4 Å². The van der Waals surface area contributed by atoms with Gasteiger partial charge in [0.15, 0.2) is 0 Å². The summed E-state index contributed by atoms with van der Waals surface area (Å²) >= 11 is 0. The molecule has 10 heteroatoms. The fourth-order valence-electron chi connectivity index (χ4n) is 4.04. The molecule has 1 saturated carbocycles. The molecule has 0 spiro atoms. The smallest absolute Gasteiger partial charge is 0.416 e. The van der Waals surface area contributed by atoms with Gasteiger partial charge in [0.05, 0.1) is 5.56 Å². The number of halogens is 3. The first-order chi connectivity index (χ1) is 14.1. The summed E-state index contributed by atoms with van der Waals surface area (Å²) in [5.74, 6) is -3.88. The molecule has 0 aromatic heterocycles. The number of carboxylic acid groups (broad SMARTS) is 1. The molecule has 2 amide bonds. The average Bonchev–Trinajstić information content (AvgIpc) is 2.69. The van der Waals surface area contributed by atoms with Crippen LogP contribution in [0.5, 0.6) is 0 Å². The fourth-order valence-corrected chi connectivity index (χ4v) is 4.04. The number of hydrogen-bond acceptors (Lipinski definition) is 4. The molecule has 2 aliphatic rings. The van der Waals surface area contributed by atoms with E-state index in [9.17, 15) is 32.7 Å². The Morgan fingerprint density at radius 3 is 2.37 bits per heavy atom.